The van der Waals surface area contributed by atoms with Gasteiger partial charge < -0.3 is 0 Å². The van der Waals surface area contributed by atoms with Crippen LogP contribution in [0.15, 0.2) is 36.7 Å². The Kier molecular flexibility index (Phi) is 2.89. The van der Waals surface area contributed by atoms with Crippen LogP contribution >= 0.6 is 0 Å². The zero-order valence-corrected chi connectivity index (χ0v) is 15.2. The van der Waals surface area contributed by atoms with Crippen molar-refractivity contribution in [3.8, 4) is 0 Å². The summed E-state index contributed by atoms with van der Waals surface area (Å²) < 4.78 is 6.01. The summed E-state index contributed by atoms with van der Waals surface area (Å²) in [6.07, 6.45) is 4.34. The SMILES string of the molecule is Cn1c2cc[c]([Sn]([CH3])([CH3])[CH3])cc2c2cc[n+](C)cc21. The van der Waals surface area contributed by atoms with Gasteiger partial charge in [0.1, 0.15) is 0 Å². The van der Waals surface area contributed by atoms with Crippen molar-refractivity contribution in [3.63, 3.8) is 0 Å². The van der Waals surface area contributed by atoms with E-state index in [0.717, 1.165) is 0 Å². The summed E-state index contributed by atoms with van der Waals surface area (Å²) in [4.78, 5) is 7.42. The van der Waals surface area contributed by atoms with Crippen LogP contribution in [0.25, 0.3) is 21.8 Å². The van der Waals surface area contributed by atoms with E-state index in [2.05, 4.69) is 74.7 Å². The second-order valence-electron chi connectivity index (χ2n) is 6.45. The second kappa shape index (κ2) is 4.23. The summed E-state index contributed by atoms with van der Waals surface area (Å²) >= 11 is -1.99. The molecule has 0 unspecified atom stereocenters. The van der Waals surface area contributed by atoms with Crippen molar-refractivity contribution in [3.05, 3.63) is 36.7 Å². The van der Waals surface area contributed by atoms with Crippen LogP contribution in [0.1, 0.15) is 0 Å². The summed E-state index contributed by atoms with van der Waals surface area (Å²) in [6.45, 7) is 0. The van der Waals surface area contributed by atoms with Gasteiger partial charge in [-0.05, 0) is 0 Å². The first-order valence-corrected chi connectivity index (χ1v) is 16.7. The Morgan fingerprint density at radius 2 is 1.74 bits per heavy atom. The summed E-state index contributed by atoms with van der Waals surface area (Å²) in [7, 11) is 4.23. The molecule has 0 aliphatic heterocycles. The Morgan fingerprint density at radius 3 is 2.42 bits per heavy atom. The number of rotatable bonds is 1. The molecule has 1 aromatic carbocycles. The molecule has 19 heavy (non-hydrogen) atoms. The monoisotopic (exact) mass is 361 g/mol. The predicted octanol–water partition coefficient (Wildman–Crippen LogP) is 2.70. The molecular weight excluding hydrogens is 339 g/mol. The number of aryl methyl sites for hydroxylation is 2. The normalized spacial score (nSPS) is 12.5. The van der Waals surface area contributed by atoms with Crippen LogP contribution in [-0.2, 0) is 14.1 Å². The maximum atomic E-state index is 2.47. The van der Waals surface area contributed by atoms with Gasteiger partial charge in [0, 0.05) is 0 Å². The Labute approximate surface area is 118 Å². The zero-order valence-electron chi connectivity index (χ0n) is 12.4. The number of hydrogen-bond donors (Lipinski definition) is 0. The number of nitrogens with zero attached hydrogens (tertiary/aromatic N) is 2. The molecule has 2 heterocycles. The number of hydrogen-bond acceptors (Lipinski definition) is 0. The quantitative estimate of drug-likeness (QED) is 0.466. The van der Waals surface area contributed by atoms with Gasteiger partial charge in [-0.1, -0.05) is 0 Å². The van der Waals surface area contributed by atoms with Crippen molar-refractivity contribution in [2.24, 2.45) is 14.1 Å². The maximum absolute atomic E-state index is 2.47. The fraction of sp³-hybridized carbons (Fsp3) is 0.312. The van der Waals surface area contributed by atoms with E-state index < -0.39 is 18.4 Å². The molecule has 3 rings (SSSR count). The molecule has 3 aromatic rings. The van der Waals surface area contributed by atoms with Crippen molar-refractivity contribution in [2.75, 3.05) is 0 Å². The van der Waals surface area contributed by atoms with Gasteiger partial charge >= 0.3 is 118 Å². The van der Waals surface area contributed by atoms with Crippen LogP contribution in [0.2, 0.25) is 14.8 Å². The van der Waals surface area contributed by atoms with E-state index in [9.17, 15) is 0 Å². The molecule has 3 heteroatoms. The number of benzene rings is 1. The van der Waals surface area contributed by atoms with Gasteiger partial charge in [0.2, 0.25) is 0 Å². The van der Waals surface area contributed by atoms with E-state index in [1.54, 1.807) is 3.58 Å². The Balaban J connectivity index is 2.43. The molecule has 2 nitrogen and oxygen atoms in total. The molecule has 0 saturated carbocycles. The number of fused-ring (bicyclic) bond motifs is 3. The van der Waals surface area contributed by atoms with Crippen LogP contribution in [0.5, 0.6) is 0 Å². The van der Waals surface area contributed by atoms with Crippen LogP contribution in [-0.4, -0.2) is 22.9 Å². The van der Waals surface area contributed by atoms with Gasteiger partial charge in [0.05, 0.1) is 0 Å². The number of pyridine rings is 1. The summed E-state index contributed by atoms with van der Waals surface area (Å²) in [6, 6.07) is 9.32. The van der Waals surface area contributed by atoms with E-state index in [4.69, 9.17) is 0 Å². The molecule has 0 fully saturated rings. The third-order valence-corrected chi connectivity index (χ3v) is 9.78. The van der Waals surface area contributed by atoms with Gasteiger partial charge in [0.15, 0.2) is 0 Å². The summed E-state index contributed by atoms with van der Waals surface area (Å²) in [5.41, 5.74) is 2.64. The third kappa shape index (κ3) is 2.06. The van der Waals surface area contributed by atoms with E-state index in [-0.39, 0.29) is 0 Å². The van der Waals surface area contributed by atoms with E-state index >= 15 is 0 Å². The molecule has 0 aliphatic carbocycles. The van der Waals surface area contributed by atoms with E-state index in [0.29, 0.717) is 0 Å². The minimum atomic E-state index is -1.99. The summed E-state index contributed by atoms with van der Waals surface area (Å²) in [5, 5.41) is 2.77. The topological polar surface area (TPSA) is 8.81 Å². The zero-order chi connectivity index (χ0) is 13.8. The van der Waals surface area contributed by atoms with Crippen molar-refractivity contribution in [2.45, 2.75) is 14.8 Å². The average molecular weight is 360 g/mol. The molecule has 0 saturated heterocycles. The van der Waals surface area contributed by atoms with E-state index in [1.807, 2.05) is 0 Å². The standard InChI is InChI=1S/C13H12N2.3CH3.Sn/c1-14-8-7-11-10-5-3-4-6-12(10)15(2)13(11)9-14;;;;/h4-9H,1-2H3;3*1H3;/q+1;;;;. The van der Waals surface area contributed by atoms with Crippen LogP contribution in [0.4, 0.5) is 0 Å². The molecule has 0 radical (unpaired) electrons. The second-order valence-corrected chi connectivity index (χ2v) is 20.9. The molecule has 0 aliphatic rings. The molecule has 0 spiro atoms. The summed E-state index contributed by atoms with van der Waals surface area (Å²) in [5.74, 6) is 0. The predicted molar refractivity (Wildman–Crippen MR) is 84.6 cm³/mol. The first-order chi connectivity index (χ1) is 8.88. The van der Waals surface area contributed by atoms with Crippen LogP contribution in [0, 0.1) is 0 Å². The van der Waals surface area contributed by atoms with Crippen molar-refractivity contribution >= 4 is 43.8 Å². The fourth-order valence-electron chi connectivity index (χ4n) is 2.72. The van der Waals surface area contributed by atoms with Gasteiger partial charge in [-0.2, -0.15) is 0 Å². The van der Waals surface area contributed by atoms with E-state index in [1.165, 1.54) is 21.8 Å². The number of aromatic nitrogens is 2. The Bertz CT molecular complexity index is 779. The first kappa shape index (κ1) is 13.0. The molecule has 0 N–H and O–H groups in total. The molecule has 2 aromatic heterocycles. The molecule has 0 bridgehead atoms. The Morgan fingerprint density at radius 1 is 1.00 bits per heavy atom. The van der Waals surface area contributed by atoms with Crippen LogP contribution in [0.3, 0.4) is 0 Å². The Hall–Kier alpha value is -1.03. The van der Waals surface area contributed by atoms with Gasteiger partial charge in [-0.15, -0.1) is 0 Å². The fourth-order valence-corrected chi connectivity index (χ4v) is 6.03. The molecule has 98 valence electrons. The average Bonchev–Trinajstić information content (AvgIpc) is 2.61. The van der Waals surface area contributed by atoms with Gasteiger partial charge in [0.25, 0.3) is 0 Å². The molecular formula is C16H21N2Sn+. The third-order valence-electron chi connectivity index (χ3n) is 3.95. The molecule has 0 atom stereocenters. The molecule has 0 amide bonds. The van der Waals surface area contributed by atoms with Crippen molar-refractivity contribution in [1.29, 1.82) is 0 Å². The van der Waals surface area contributed by atoms with Crippen molar-refractivity contribution < 1.29 is 4.57 Å². The van der Waals surface area contributed by atoms with Gasteiger partial charge in [-0.25, -0.2) is 0 Å². The van der Waals surface area contributed by atoms with Crippen LogP contribution < -0.4 is 8.15 Å². The first-order valence-electron chi connectivity index (χ1n) is 6.76. The van der Waals surface area contributed by atoms with Crippen molar-refractivity contribution in [1.82, 2.24) is 4.57 Å². The minimum absolute atomic E-state index is 1.31. The van der Waals surface area contributed by atoms with Gasteiger partial charge in [-0.3, -0.25) is 0 Å².